The first-order chi connectivity index (χ1) is 13.4. The van der Waals surface area contributed by atoms with E-state index in [0.717, 1.165) is 23.7 Å². The zero-order chi connectivity index (χ0) is 19.5. The number of hydrogen-bond donors (Lipinski definition) is 0. The average molecular weight is 372 g/mol. The first-order valence-electron chi connectivity index (χ1n) is 12.1. The third-order valence-electron chi connectivity index (χ3n) is 6.99. The summed E-state index contributed by atoms with van der Waals surface area (Å²) in [6, 6.07) is 11.1. The second kappa shape index (κ2) is 12.6. The summed E-state index contributed by atoms with van der Waals surface area (Å²) < 4.78 is 0. The molecule has 3 aliphatic rings. The molecular formula is C26H45N. The normalized spacial score (nSPS) is 28.4. The summed E-state index contributed by atoms with van der Waals surface area (Å²) in [5.41, 5.74) is 1.53. The molecule has 1 nitrogen and oxygen atoms in total. The highest BCUT2D eigenvalue weighted by molar-refractivity contribution is 5.15. The standard InChI is InChI=1S/C22H33N.2C2H6/c1-2-5-18(6-3-1)15-19-11-13-23(14-12-19)17-20-9-10-21-7-4-8-22(21)16-20;2*1-2/h1-3,5-6,19-22H,4,7-17H2;2*1-2H3. The minimum Gasteiger partial charge on any atom is -0.303 e. The molecule has 3 fully saturated rings. The molecule has 1 heteroatoms. The third kappa shape index (κ3) is 6.93. The Kier molecular flexibility index (Phi) is 10.5. The molecule has 3 atom stereocenters. The lowest BCUT2D eigenvalue weighted by molar-refractivity contribution is 0.119. The van der Waals surface area contributed by atoms with Crippen LogP contribution in [0.5, 0.6) is 0 Å². The van der Waals surface area contributed by atoms with Crippen LogP contribution in [0.25, 0.3) is 0 Å². The Balaban J connectivity index is 0.000000614. The lowest BCUT2D eigenvalue weighted by Crippen LogP contribution is -2.39. The summed E-state index contributed by atoms with van der Waals surface area (Å²) in [6.45, 7) is 12.1. The molecule has 0 aromatic heterocycles. The van der Waals surface area contributed by atoms with E-state index in [9.17, 15) is 0 Å². The minimum absolute atomic E-state index is 0.916. The van der Waals surface area contributed by atoms with E-state index in [-0.39, 0.29) is 0 Å². The van der Waals surface area contributed by atoms with Gasteiger partial charge in [-0.15, -0.1) is 0 Å². The first kappa shape index (κ1) is 22.5. The zero-order valence-corrected chi connectivity index (χ0v) is 18.6. The fraction of sp³-hybridized carbons (Fsp3) is 0.769. The van der Waals surface area contributed by atoms with Gasteiger partial charge in [-0.3, -0.25) is 0 Å². The van der Waals surface area contributed by atoms with E-state index in [4.69, 9.17) is 0 Å². The van der Waals surface area contributed by atoms with Gasteiger partial charge in [0.25, 0.3) is 0 Å². The van der Waals surface area contributed by atoms with E-state index in [1.165, 1.54) is 57.3 Å². The highest BCUT2D eigenvalue weighted by Gasteiger charge is 2.34. The van der Waals surface area contributed by atoms with Gasteiger partial charge < -0.3 is 4.90 Å². The largest absolute Gasteiger partial charge is 0.303 e. The summed E-state index contributed by atoms with van der Waals surface area (Å²) >= 11 is 0. The fourth-order valence-electron chi connectivity index (χ4n) is 5.65. The van der Waals surface area contributed by atoms with Gasteiger partial charge in [0, 0.05) is 6.54 Å². The second-order valence-electron chi connectivity index (χ2n) is 8.56. The van der Waals surface area contributed by atoms with Crippen molar-refractivity contribution in [2.24, 2.45) is 23.7 Å². The number of rotatable bonds is 4. The van der Waals surface area contributed by atoms with Crippen LogP contribution < -0.4 is 0 Å². The van der Waals surface area contributed by atoms with Crippen molar-refractivity contribution in [3.63, 3.8) is 0 Å². The quantitative estimate of drug-likeness (QED) is 0.540. The number of likely N-dealkylation sites (tertiary alicyclic amines) is 1. The summed E-state index contributed by atoms with van der Waals surface area (Å²) in [7, 11) is 0. The van der Waals surface area contributed by atoms with Crippen molar-refractivity contribution >= 4 is 0 Å². The van der Waals surface area contributed by atoms with Crippen molar-refractivity contribution in [1.29, 1.82) is 0 Å². The molecule has 0 radical (unpaired) electrons. The van der Waals surface area contributed by atoms with Crippen molar-refractivity contribution in [1.82, 2.24) is 4.90 Å². The monoisotopic (exact) mass is 371 g/mol. The molecule has 0 amide bonds. The van der Waals surface area contributed by atoms with Gasteiger partial charge in [0.1, 0.15) is 0 Å². The van der Waals surface area contributed by atoms with E-state index >= 15 is 0 Å². The van der Waals surface area contributed by atoms with Gasteiger partial charge in [-0.1, -0.05) is 77.3 Å². The zero-order valence-electron chi connectivity index (χ0n) is 18.6. The van der Waals surface area contributed by atoms with Gasteiger partial charge in [-0.25, -0.2) is 0 Å². The molecule has 154 valence electrons. The Morgan fingerprint density at radius 2 is 1.41 bits per heavy atom. The SMILES string of the molecule is CC.CC.c1ccc(CC2CCN(CC3CCC4CCCC4C3)CC2)cc1. The molecule has 0 bridgehead atoms. The van der Waals surface area contributed by atoms with E-state index in [1.54, 1.807) is 25.7 Å². The van der Waals surface area contributed by atoms with E-state index in [1.807, 2.05) is 27.7 Å². The number of fused-ring (bicyclic) bond motifs is 1. The van der Waals surface area contributed by atoms with E-state index in [2.05, 4.69) is 35.2 Å². The number of nitrogens with zero attached hydrogens (tertiary/aromatic N) is 1. The number of piperidine rings is 1. The molecular weight excluding hydrogens is 326 g/mol. The molecule has 3 unspecified atom stereocenters. The molecule has 0 N–H and O–H groups in total. The van der Waals surface area contributed by atoms with Crippen LogP contribution in [0.15, 0.2) is 30.3 Å². The molecule has 2 aliphatic carbocycles. The van der Waals surface area contributed by atoms with E-state index < -0.39 is 0 Å². The Bertz CT molecular complexity index is 474. The predicted molar refractivity (Wildman–Crippen MR) is 120 cm³/mol. The van der Waals surface area contributed by atoms with Crippen LogP contribution in [0.2, 0.25) is 0 Å². The lowest BCUT2D eigenvalue weighted by atomic mass is 9.75. The Hall–Kier alpha value is -0.820. The molecule has 0 spiro atoms. The maximum atomic E-state index is 2.79. The first-order valence-corrected chi connectivity index (χ1v) is 12.1. The topological polar surface area (TPSA) is 3.24 Å². The van der Waals surface area contributed by atoms with Crippen LogP contribution in [-0.2, 0) is 6.42 Å². The van der Waals surface area contributed by atoms with Gasteiger partial charge >= 0.3 is 0 Å². The second-order valence-corrected chi connectivity index (χ2v) is 8.56. The fourth-order valence-corrected chi connectivity index (χ4v) is 5.65. The summed E-state index contributed by atoms with van der Waals surface area (Å²) in [4.78, 5) is 2.79. The Morgan fingerprint density at radius 1 is 0.741 bits per heavy atom. The van der Waals surface area contributed by atoms with Crippen LogP contribution in [0.3, 0.4) is 0 Å². The van der Waals surface area contributed by atoms with Crippen molar-refractivity contribution < 1.29 is 0 Å². The maximum Gasteiger partial charge on any atom is 0.000976 e. The predicted octanol–water partition coefficient (Wildman–Crippen LogP) is 7.21. The molecule has 1 heterocycles. The van der Waals surface area contributed by atoms with Crippen LogP contribution in [0.4, 0.5) is 0 Å². The minimum atomic E-state index is 0.916. The van der Waals surface area contributed by atoms with Crippen LogP contribution in [0.1, 0.15) is 84.6 Å². The lowest BCUT2D eigenvalue weighted by Gasteiger charge is -2.38. The van der Waals surface area contributed by atoms with E-state index in [0.29, 0.717) is 0 Å². The molecule has 1 aromatic rings. The Labute approximate surface area is 169 Å². The van der Waals surface area contributed by atoms with Crippen LogP contribution in [-0.4, -0.2) is 24.5 Å². The number of benzene rings is 1. The molecule has 27 heavy (non-hydrogen) atoms. The van der Waals surface area contributed by atoms with Crippen molar-refractivity contribution in [2.45, 2.75) is 85.5 Å². The molecule has 1 aromatic carbocycles. The molecule has 1 saturated heterocycles. The van der Waals surface area contributed by atoms with Gasteiger partial charge in [-0.2, -0.15) is 0 Å². The van der Waals surface area contributed by atoms with Gasteiger partial charge in [-0.05, 0) is 80.8 Å². The molecule has 2 saturated carbocycles. The summed E-state index contributed by atoms with van der Waals surface area (Å²) in [6.07, 6.45) is 13.3. The third-order valence-corrected chi connectivity index (χ3v) is 6.99. The Morgan fingerprint density at radius 3 is 2.11 bits per heavy atom. The highest BCUT2D eigenvalue weighted by atomic mass is 15.1. The average Bonchev–Trinajstić information content (AvgIpc) is 3.21. The smallest absolute Gasteiger partial charge is 0.000976 e. The van der Waals surface area contributed by atoms with Gasteiger partial charge in [0.05, 0.1) is 0 Å². The van der Waals surface area contributed by atoms with Crippen molar-refractivity contribution in [3.05, 3.63) is 35.9 Å². The van der Waals surface area contributed by atoms with Crippen molar-refractivity contribution in [2.75, 3.05) is 19.6 Å². The summed E-state index contributed by atoms with van der Waals surface area (Å²) in [5.74, 6) is 4.14. The van der Waals surface area contributed by atoms with Crippen molar-refractivity contribution in [3.8, 4) is 0 Å². The molecule has 4 rings (SSSR count). The summed E-state index contributed by atoms with van der Waals surface area (Å²) in [5, 5.41) is 0. The number of hydrogen-bond acceptors (Lipinski definition) is 1. The van der Waals surface area contributed by atoms with Crippen LogP contribution >= 0.6 is 0 Å². The molecule has 1 aliphatic heterocycles. The maximum absolute atomic E-state index is 2.79. The van der Waals surface area contributed by atoms with Crippen LogP contribution in [0, 0.1) is 23.7 Å². The van der Waals surface area contributed by atoms with Gasteiger partial charge in [0.15, 0.2) is 0 Å². The van der Waals surface area contributed by atoms with Gasteiger partial charge in [0.2, 0.25) is 0 Å². The highest BCUT2D eigenvalue weighted by Crippen LogP contribution is 2.44.